The van der Waals surface area contributed by atoms with Gasteiger partial charge in [-0.3, -0.25) is 0 Å². The molecule has 1 heteroatoms. The van der Waals surface area contributed by atoms with Crippen molar-refractivity contribution >= 4 is 6.08 Å². The number of hydrogen-bond donors (Lipinski definition) is 0. The highest BCUT2D eigenvalue weighted by Gasteiger charge is 2.06. The first-order valence-electron chi connectivity index (χ1n) is 6.12. The molecule has 0 aromatic heterocycles. The second-order valence-electron chi connectivity index (χ2n) is 4.42. The van der Waals surface area contributed by atoms with E-state index in [-0.39, 0.29) is 0 Å². The summed E-state index contributed by atoms with van der Waals surface area (Å²) >= 11 is 0. The van der Waals surface area contributed by atoms with Gasteiger partial charge in [-0.25, -0.2) is 0 Å². The maximum Gasteiger partial charge on any atom is 0.00386 e. The molecular formula is C15H23N. The molecule has 16 heavy (non-hydrogen) atoms. The van der Waals surface area contributed by atoms with Crippen LogP contribution in [0.1, 0.15) is 31.9 Å². The predicted octanol–water partition coefficient (Wildman–Crippen LogP) is 3.60. The summed E-state index contributed by atoms with van der Waals surface area (Å²) in [5.74, 6) is 0. The third kappa shape index (κ3) is 3.82. The van der Waals surface area contributed by atoms with E-state index in [2.05, 4.69) is 56.5 Å². The molecular weight excluding hydrogens is 194 g/mol. The van der Waals surface area contributed by atoms with E-state index in [1.54, 1.807) is 0 Å². The largest absolute Gasteiger partial charge is 0.301 e. The Balaban J connectivity index is 2.50. The van der Waals surface area contributed by atoms with Crippen molar-refractivity contribution in [2.45, 2.75) is 33.2 Å². The van der Waals surface area contributed by atoms with Gasteiger partial charge in [0.1, 0.15) is 0 Å². The molecule has 0 saturated carbocycles. The zero-order chi connectivity index (χ0) is 12.0. The average Bonchev–Trinajstić information content (AvgIpc) is 2.30. The molecule has 0 spiro atoms. The summed E-state index contributed by atoms with van der Waals surface area (Å²) in [5, 5.41) is 0. The van der Waals surface area contributed by atoms with E-state index < -0.39 is 0 Å². The molecule has 0 aliphatic rings. The Morgan fingerprint density at radius 3 is 2.31 bits per heavy atom. The summed E-state index contributed by atoms with van der Waals surface area (Å²) < 4.78 is 0. The van der Waals surface area contributed by atoms with Crippen molar-refractivity contribution < 1.29 is 0 Å². The van der Waals surface area contributed by atoms with Gasteiger partial charge >= 0.3 is 0 Å². The van der Waals surface area contributed by atoms with Crippen molar-refractivity contribution in [1.82, 2.24) is 4.90 Å². The molecule has 1 aromatic rings. The van der Waals surface area contributed by atoms with Crippen molar-refractivity contribution in [1.29, 1.82) is 0 Å². The molecule has 0 heterocycles. The quantitative estimate of drug-likeness (QED) is 0.703. The van der Waals surface area contributed by atoms with Crippen LogP contribution < -0.4 is 0 Å². The second-order valence-corrected chi connectivity index (χ2v) is 4.42. The molecule has 0 fully saturated rings. The Morgan fingerprint density at radius 2 is 1.88 bits per heavy atom. The lowest BCUT2D eigenvalue weighted by Crippen LogP contribution is -2.32. The van der Waals surface area contributed by atoms with Crippen molar-refractivity contribution in [2.24, 2.45) is 0 Å². The van der Waals surface area contributed by atoms with Gasteiger partial charge in [0.25, 0.3) is 0 Å². The van der Waals surface area contributed by atoms with Crippen LogP contribution in [-0.2, 0) is 6.42 Å². The summed E-state index contributed by atoms with van der Waals surface area (Å²) in [5.41, 5.74) is 2.60. The molecule has 0 aliphatic carbocycles. The maximum absolute atomic E-state index is 3.76. The summed E-state index contributed by atoms with van der Waals surface area (Å²) in [6.45, 7) is 12.8. The van der Waals surface area contributed by atoms with E-state index in [0.29, 0.717) is 6.04 Å². The minimum absolute atomic E-state index is 0.637. The number of nitrogens with zero attached hydrogens (tertiary/aromatic N) is 1. The Morgan fingerprint density at radius 1 is 1.25 bits per heavy atom. The van der Waals surface area contributed by atoms with E-state index in [0.717, 1.165) is 19.5 Å². The zero-order valence-corrected chi connectivity index (χ0v) is 10.7. The lowest BCUT2D eigenvalue weighted by Gasteiger charge is -2.24. The molecule has 0 amide bonds. The average molecular weight is 217 g/mol. The molecule has 0 unspecified atom stereocenters. The highest BCUT2D eigenvalue weighted by molar-refractivity contribution is 5.47. The van der Waals surface area contributed by atoms with Crippen molar-refractivity contribution in [2.75, 3.05) is 13.1 Å². The van der Waals surface area contributed by atoms with Crippen LogP contribution in [0.2, 0.25) is 0 Å². The monoisotopic (exact) mass is 217 g/mol. The van der Waals surface area contributed by atoms with Crippen LogP contribution >= 0.6 is 0 Å². The Bertz CT molecular complexity index is 311. The molecule has 1 nitrogen and oxygen atoms in total. The topological polar surface area (TPSA) is 3.24 Å². The fourth-order valence-electron chi connectivity index (χ4n) is 1.87. The third-order valence-corrected chi connectivity index (χ3v) is 3.04. The minimum Gasteiger partial charge on any atom is -0.301 e. The van der Waals surface area contributed by atoms with Crippen molar-refractivity contribution in [3.63, 3.8) is 0 Å². The Labute approximate surface area is 99.8 Å². The van der Waals surface area contributed by atoms with E-state index in [1.165, 1.54) is 11.1 Å². The lowest BCUT2D eigenvalue weighted by atomic mass is 10.1. The van der Waals surface area contributed by atoms with Gasteiger partial charge in [0.15, 0.2) is 0 Å². The first-order valence-corrected chi connectivity index (χ1v) is 6.12. The summed E-state index contributed by atoms with van der Waals surface area (Å²) in [4.78, 5) is 2.49. The van der Waals surface area contributed by atoms with Gasteiger partial charge in [-0.2, -0.15) is 0 Å². The highest BCUT2D eigenvalue weighted by Crippen LogP contribution is 2.08. The number of rotatable bonds is 6. The third-order valence-electron chi connectivity index (χ3n) is 3.04. The highest BCUT2D eigenvalue weighted by atomic mass is 15.1. The first kappa shape index (κ1) is 13.0. The van der Waals surface area contributed by atoms with E-state index in [4.69, 9.17) is 0 Å². The van der Waals surface area contributed by atoms with Gasteiger partial charge in [-0.05, 0) is 37.9 Å². The molecule has 88 valence electrons. The van der Waals surface area contributed by atoms with Gasteiger partial charge in [-0.15, -0.1) is 0 Å². The molecule has 1 aromatic carbocycles. The molecule has 0 bridgehead atoms. The summed E-state index contributed by atoms with van der Waals surface area (Å²) in [7, 11) is 0. The van der Waals surface area contributed by atoms with E-state index >= 15 is 0 Å². The summed E-state index contributed by atoms with van der Waals surface area (Å²) in [6, 6.07) is 9.30. The van der Waals surface area contributed by atoms with E-state index in [9.17, 15) is 0 Å². The molecule has 0 N–H and O–H groups in total. The molecule has 1 rings (SSSR count). The van der Waals surface area contributed by atoms with Crippen LogP contribution in [0.15, 0.2) is 30.8 Å². The zero-order valence-electron chi connectivity index (χ0n) is 10.7. The maximum atomic E-state index is 3.76. The van der Waals surface area contributed by atoms with Crippen LogP contribution in [0.25, 0.3) is 6.08 Å². The number of likely N-dealkylation sites (N-methyl/N-ethyl adjacent to an activating group) is 1. The lowest BCUT2D eigenvalue weighted by molar-refractivity contribution is 0.236. The Hall–Kier alpha value is -1.08. The standard InChI is InChI=1S/C15H23N/c1-5-14-7-9-15(10-8-14)11-12-16(6-2)13(3)4/h5,7-10,13H,1,6,11-12H2,2-4H3. The molecule has 0 atom stereocenters. The van der Waals surface area contributed by atoms with Crippen LogP contribution in [0.4, 0.5) is 0 Å². The molecule has 0 aliphatic heterocycles. The van der Waals surface area contributed by atoms with Gasteiger partial charge in [-0.1, -0.05) is 43.8 Å². The van der Waals surface area contributed by atoms with Gasteiger partial charge in [0, 0.05) is 12.6 Å². The van der Waals surface area contributed by atoms with Crippen LogP contribution in [-0.4, -0.2) is 24.0 Å². The van der Waals surface area contributed by atoms with Crippen LogP contribution in [0.5, 0.6) is 0 Å². The van der Waals surface area contributed by atoms with Crippen molar-refractivity contribution in [3.8, 4) is 0 Å². The normalized spacial score (nSPS) is 11.1. The van der Waals surface area contributed by atoms with Crippen molar-refractivity contribution in [3.05, 3.63) is 42.0 Å². The van der Waals surface area contributed by atoms with Crippen LogP contribution in [0.3, 0.4) is 0 Å². The van der Waals surface area contributed by atoms with Gasteiger partial charge in [0.2, 0.25) is 0 Å². The SMILES string of the molecule is C=Cc1ccc(CCN(CC)C(C)C)cc1. The minimum atomic E-state index is 0.637. The fraction of sp³-hybridized carbons (Fsp3) is 0.467. The Kier molecular flexibility index (Phi) is 5.27. The number of benzene rings is 1. The van der Waals surface area contributed by atoms with Crippen LogP contribution in [0, 0.1) is 0 Å². The smallest absolute Gasteiger partial charge is 0.00386 e. The summed E-state index contributed by atoms with van der Waals surface area (Å²) in [6.07, 6.45) is 3.01. The van der Waals surface area contributed by atoms with E-state index in [1.807, 2.05) is 6.08 Å². The van der Waals surface area contributed by atoms with Gasteiger partial charge < -0.3 is 4.90 Å². The number of hydrogen-bond acceptors (Lipinski definition) is 1. The molecule has 0 radical (unpaired) electrons. The predicted molar refractivity (Wildman–Crippen MR) is 72.6 cm³/mol. The molecule has 0 saturated heterocycles. The first-order chi connectivity index (χ1) is 7.67. The second kappa shape index (κ2) is 6.49. The van der Waals surface area contributed by atoms with Gasteiger partial charge in [0.05, 0.1) is 0 Å². The fourth-order valence-corrected chi connectivity index (χ4v) is 1.87.